The Morgan fingerprint density at radius 2 is 1.78 bits per heavy atom. The number of rotatable bonds is 8. The van der Waals surface area contributed by atoms with Crippen molar-refractivity contribution < 1.29 is 9.47 Å². The smallest absolute Gasteiger partial charge is 0.123 e. The second-order valence-electron chi connectivity index (χ2n) is 4.27. The van der Waals surface area contributed by atoms with Crippen LogP contribution in [0.3, 0.4) is 0 Å². The Morgan fingerprint density at radius 3 is 2.39 bits per heavy atom. The van der Waals surface area contributed by atoms with E-state index in [1.807, 2.05) is 26.1 Å². The van der Waals surface area contributed by atoms with Crippen LogP contribution in [0, 0.1) is 6.92 Å². The standard InChI is InChI=1S/C14H24N2O2/c1-11-8-14(18-4)12(9-13(11)17-3)10-16-7-5-6-15-2/h8-9,15-16H,5-7,10H2,1-4H3. The van der Waals surface area contributed by atoms with Crippen LogP contribution in [0.5, 0.6) is 11.5 Å². The number of ether oxygens (including phenoxy) is 2. The van der Waals surface area contributed by atoms with Crippen LogP contribution in [0.15, 0.2) is 12.1 Å². The van der Waals surface area contributed by atoms with Gasteiger partial charge in [-0.1, -0.05) is 0 Å². The zero-order valence-corrected chi connectivity index (χ0v) is 11.8. The van der Waals surface area contributed by atoms with Gasteiger partial charge in [0.15, 0.2) is 0 Å². The van der Waals surface area contributed by atoms with Gasteiger partial charge in [0, 0.05) is 12.1 Å². The molecule has 0 fully saturated rings. The minimum atomic E-state index is 0.795. The van der Waals surface area contributed by atoms with Gasteiger partial charge in [-0.3, -0.25) is 0 Å². The molecule has 0 unspecified atom stereocenters. The summed E-state index contributed by atoms with van der Waals surface area (Å²) in [7, 11) is 5.36. The predicted molar refractivity (Wildman–Crippen MR) is 74.5 cm³/mol. The Balaban J connectivity index is 2.62. The first-order valence-corrected chi connectivity index (χ1v) is 6.29. The first-order chi connectivity index (χ1) is 8.72. The highest BCUT2D eigenvalue weighted by Gasteiger charge is 2.07. The van der Waals surface area contributed by atoms with E-state index >= 15 is 0 Å². The third kappa shape index (κ3) is 4.20. The maximum absolute atomic E-state index is 5.40. The maximum atomic E-state index is 5.40. The van der Waals surface area contributed by atoms with E-state index in [9.17, 15) is 0 Å². The molecule has 18 heavy (non-hydrogen) atoms. The number of methoxy groups -OCH3 is 2. The topological polar surface area (TPSA) is 42.5 Å². The Labute approximate surface area is 110 Å². The summed E-state index contributed by atoms with van der Waals surface area (Å²) in [4.78, 5) is 0. The van der Waals surface area contributed by atoms with Crippen molar-refractivity contribution in [3.63, 3.8) is 0 Å². The Kier molecular flexibility index (Phi) is 6.54. The molecule has 0 aromatic heterocycles. The summed E-state index contributed by atoms with van der Waals surface area (Å²) >= 11 is 0. The van der Waals surface area contributed by atoms with Crippen LogP contribution in [0.25, 0.3) is 0 Å². The zero-order chi connectivity index (χ0) is 13.4. The van der Waals surface area contributed by atoms with E-state index in [1.165, 1.54) is 0 Å². The van der Waals surface area contributed by atoms with Gasteiger partial charge >= 0.3 is 0 Å². The number of nitrogens with one attached hydrogen (secondary N) is 2. The predicted octanol–water partition coefficient (Wildman–Crippen LogP) is 1.71. The quantitative estimate of drug-likeness (QED) is 0.691. The van der Waals surface area contributed by atoms with Crippen LogP contribution < -0.4 is 20.1 Å². The first-order valence-electron chi connectivity index (χ1n) is 6.29. The fourth-order valence-corrected chi connectivity index (χ4v) is 1.86. The molecular weight excluding hydrogens is 228 g/mol. The molecule has 0 amide bonds. The van der Waals surface area contributed by atoms with Crippen molar-refractivity contribution in [1.82, 2.24) is 10.6 Å². The number of benzene rings is 1. The molecule has 4 nitrogen and oxygen atoms in total. The minimum Gasteiger partial charge on any atom is -0.496 e. The molecule has 2 N–H and O–H groups in total. The minimum absolute atomic E-state index is 0.795. The van der Waals surface area contributed by atoms with Gasteiger partial charge in [-0.15, -0.1) is 0 Å². The second kappa shape index (κ2) is 7.95. The molecule has 1 aromatic rings. The molecule has 0 atom stereocenters. The first kappa shape index (κ1) is 14.8. The third-order valence-corrected chi connectivity index (χ3v) is 2.89. The molecule has 0 aliphatic heterocycles. The summed E-state index contributed by atoms with van der Waals surface area (Å²) in [6.07, 6.45) is 1.11. The van der Waals surface area contributed by atoms with E-state index in [2.05, 4.69) is 10.6 Å². The highest BCUT2D eigenvalue weighted by Crippen LogP contribution is 2.27. The van der Waals surface area contributed by atoms with Crippen LogP contribution in [0.1, 0.15) is 17.5 Å². The van der Waals surface area contributed by atoms with Gasteiger partial charge in [0.2, 0.25) is 0 Å². The van der Waals surface area contributed by atoms with Crippen molar-refractivity contribution in [2.24, 2.45) is 0 Å². The summed E-state index contributed by atoms with van der Waals surface area (Å²) in [6, 6.07) is 4.06. The molecule has 4 heteroatoms. The van der Waals surface area contributed by atoms with Crippen LogP contribution in [-0.4, -0.2) is 34.4 Å². The van der Waals surface area contributed by atoms with Crippen LogP contribution in [-0.2, 0) is 6.54 Å². The molecule has 0 spiro atoms. The van der Waals surface area contributed by atoms with Crippen molar-refractivity contribution in [1.29, 1.82) is 0 Å². The van der Waals surface area contributed by atoms with E-state index in [4.69, 9.17) is 9.47 Å². The van der Waals surface area contributed by atoms with Gasteiger partial charge in [0.05, 0.1) is 14.2 Å². The second-order valence-corrected chi connectivity index (χ2v) is 4.27. The van der Waals surface area contributed by atoms with E-state index < -0.39 is 0 Å². The van der Waals surface area contributed by atoms with E-state index in [0.29, 0.717) is 0 Å². The van der Waals surface area contributed by atoms with Crippen molar-refractivity contribution in [2.45, 2.75) is 19.9 Å². The van der Waals surface area contributed by atoms with Crippen LogP contribution in [0.2, 0.25) is 0 Å². The van der Waals surface area contributed by atoms with Gasteiger partial charge < -0.3 is 20.1 Å². The number of hydrogen-bond donors (Lipinski definition) is 2. The molecular formula is C14H24N2O2. The van der Waals surface area contributed by atoms with Gasteiger partial charge in [-0.2, -0.15) is 0 Å². The highest BCUT2D eigenvalue weighted by atomic mass is 16.5. The normalized spacial score (nSPS) is 10.4. The molecule has 1 rings (SSSR count). The molecule has 0 saturated heterocycles. The fourth-order valence-electron chi connectivity index (χ4n) is 1.86. The van der Waals surface area contributed by atoms with Crippen molar-refractivity contribution >= 4 is 0 Å². The van der Waals surface area contributed by atoms with Gasteiger partial charge in [-0.05, 0) is 51.2 Å². The number of hydrogen-bond acceptors (Lipinski definition) is 4. The SMILES string of the molecule is CNCCCNCc1cc(OC)c(C)cc1OC. The van der Waals surface area contributed by atoms with E-state index in [1.54, 1.807) is 14.2 Å². The van der Waals surface area contributed by atoms with Crippen LogP contribution >= 0.6 is 0 Å². The summed E-state index contributed by atoms with van der Waals surface area (Å²) in [5, 5.41) is 6.54. The average molecular weight is 252 g/mol. The summed E-state index contributed by atoms with van der Waals surface area (Å²) in [6.45, 7) is 4.83. The lowest BCUT2D eigenvalue weighted by Crippen LogP contribution is -2.19. The zero-order valence-electron chi connectivity index (χ0n) is 11.8. The largest absolute Gasteiger partial charge is 0.496 e. The Bertz CT molecular complexity index is 367. The summed E-state index contributed by atoms with van der Waals surface area (Å²) < 4.78 is 10.7. The van der Waals surface area contributed by atoms with Gasteiger partial charge in [-0.25, -0.2) is 0 Å². The molecule has 102 valence electrons. The van der Waals surface area contributed by atoms with Crippen molar-refractivity contribution in [3.8, 4) is 11.5 Å². The molecule has 0 saturated carbocycles. The van der Waals surface area contributed by atoms with E-state index in [-0.39, 0.29) is 0 Å². The van der Waals surface area contributed by atoms with Crippen LogP contribution in [0.4, 0.5) is 0 Å². The lowest BCUT2D eigenvalue weighted by molar-refractivity contribution is 0.394. The summed E-state index contributed by atoms with van der Waals surface area (Å²) in [5.74, 6) is 1.82. The lowest BCUT2D eigenvalue weighted by atomic mass is 10.1. The molecule has 1 aromatic carbocycles. The lowest BCUT2D eigenvalue weighted by Gasteiger charge is -2.13. The third-order valence-electron chi connectivity index (χ3n) is 2.89. The monoisotopic (exact) mass is 252 g/mol. The number of aryl methyl sites for hydroxylation is 1. The molecule has 0 aliphatic rings. The van der Waals surface area contributed by atoms with Crippen molar-refractivity contribution in [2.75, 3.05) is 34.4 Å². The highest BCUT2D eigenvalue weighted by molar-refractivity contribution is 5.45. The van der Waals surface area contributed by atoms with Crippen molar-refractivity contribution in [3.05, 3.63) is 23.3 Å². The average Bonchev–Trinajstić information content (AvgIpc) is 2.39. The van der Waals surface area contributed by atoms with E-state index in [0.717, 1.165) is 48.7 Å². The molecule has 0 radical (unpaired) electrons. The maximum Gasteiger partial charge on any atom is 0.123 e. The molecule has 0 heterocycles. The van der Waals surface area contributed by atoms with Gasteiger partial charge in [0.25, 0.3) is 0 Å². The Morgan fingerprint density at radius 1 is 1.06 bits per heavy atom. The summed E-state index contributed by atoms with van der Waals surface area (Å²) in [5.41, 5.74) is 2.22. The fraction of sp³-hybridized carbons (Fsp3) is 0.571. The molecule has 0 aliphatic carbocycles. The molecule has 0 bridgehead atoms. The Hall–Kier alpha value is -1.26. The van der Waals surface area contributed by atoms with Gasteiger partial charge in [0.1, 0.15) is 11.5 Å².